The van der Waals surface area contributed by atoms with E-state index in [0.29, 0.717) is 15.1 Å². The van der Waals surface area contributed by atoms with Gasteiger partial charge >= 0.3 is 0 Å². The summed E-state index contributed by atoms with van der Waals surface area (Å²) in [4.78, 5) is 0. The molecule has 0 fully saturated rings. The molecule has 5 heteroatoms. The molecule has 0 spiro atoms. The minimum Gasteiger partial charge on any atom is -0.384 e. The molecule has 0 aliphatic heterocycles. The lowest BCUT2D eigenvalue weighted by Gasteiger charge is -2.14. The Balaban J connectivity index is 2.47. The van der Waals surface area contributed by atoms with Gasteiger partial charge in [-0.15, -0.1) is 0 Å². The maximum absolute atomic E-state index is 13.7. The van der Waals surface area contributed by atoms with Crippen molar-refractivity contribution in [2.45, 2.75) is 6.10 Å². The van der Waals surface area contributed by atoms with E-state index in [4.69, 9.17) is 11.6 Å². The molecule has 94 valence electrons. The molecule has 2 aromatic carbocycles. The van der Waals surface area contributed by atoms with Crippen LogP contribution in [-0.4, -0.2) is 5.11 Å². The van der Waals surface area contributed by atoms with Crippen LogP contribution in [0.15, 0.2) is 45.3 Å². The quantitative estimate of drug-likeness (QED) is 0.753. The van der Waals surface area contributed by atoms with Crippen LogP contribution in [0.5, 0.6) is 0 Å². The molecule has 0 amide bonds. The van der Waals surface area contributed by atoms with Crippen LogP contribution in [0.25, 0.3) is 0 Å². The van der Waals surface area contributed by atoms with Gasteiger partial charge in [-0.3, -0.25) is 0 Å². The van der Waals surface area contributed by atoms with Crippen molar-refractivity contribution < 1.29 is 9.50 Å². The topological polar surface area (TPSA) is 20.2 Å². The maximum atomic E-state index is 13.7. The van der Waals surface area contributed by atoms with Crippen LogP contribution in [-0.2, 0) is 0 Å². The molecule has 1 N–H and O–H groups in total. The molecular weight excluding hydrogens is 386 g/mol. The van der Waals surface area contributed by atoms with Crippen molar-refractivity contribution in [1.82, 2.24) is 0 Å². The van der Waals surface area contributed by atoms with Gasteiger partial charge in [-0.05, 0) is 30.3 Å². The minimum absolute atomic E-state index is 0.193. The van der Waals surface area contributed by atoms with E-state index >= 15 is 0 Å². The Labute approximate surface area is 126 Å². The van der Waals surface area contributed by atoms with Crippen molar-refractivity contribution in [3.8, 4) is 0 Å². The SMILES string of the molecule is OC(c1ccc(Cl)cc1F)c1cc(Br)ccc1Br. The molecule has 2 rings (SSSR count). The van der Waals surface area contributed by atoms with Crippen molar-refractivity contribution in [3.05, 3.63) is 67.3 Å². The van der Waals surface area contributed by atoms with Gasteiger partial charge in [0.1, 0.15) is 11.9 Å². The standard InChI is InChI=1S/C13H8Br2ClFO/c14-7-1-4-11(15)10(5-7)13(18)9-3-2-8(16)6-12(9)17/h1-6,13,18H. The Hall–Kier alpha value is -0.420. The second-order valence-corrected chi connectivity index (χ2v) is 5.94. The molecule has 0 radical (unpaired) electrons. The van der Waals surface area contributed by atoms with Gasteiger partial charge in [-0.2, -0.15) is 0 Å². The summed E-state index contributed by atoms with van der Waals surface area (Å²) in [5.41, 5.74) is 0.781. The van der Waals surface area contributed by atoms with E-state index in [1.54, 1.807) is 18.2 Å². The van der Waals surface area contributed by atoms with E-state index in [1.165, 1.54) is 12.1 Å². The second kappa shape index (κ2) is 5.70. The molecule has 18 heavy (non-hydrogen) atoms. The Kier molecular flexibility index (Phi) is 4.43. The van der Waals surface area contributed by atoms with Crippen molar-refractivity contribution in [1.29, 1.82) is 0 Å². The van der Waals surface area contributed by atoms with Gasteiger partial charge in [0.05, 0.1) is 0 Å². The van der Waals surface area contributed by atoms with E-state index in [2.05, 4.69) is 31.9 Å². The van der Waals surface area contributed by atoms with E-state index in [1.807, 2.05) is 6.07 Å². The third-order valence-electron chi connectivity index (χ3n) is 2.51. The van der Waals surface area contributed by atoms with E-state index in [-0.39, 0.29) is 5.56 Å². The van der Waals surface area contributed by atoms with Gasteiger partial charge in [0.25, 0.3) is 0 Å². The normalized spacial score (nSPS) is 12.5. The van der Waals surface area contributed by atoms with Gasteiger partial charge in [0, 0.05) is 25.1 Å². The van der Waals surface area contributed by atoms with Gasteiger partial charge in [0.15, 0.2) is 0 Å². The van der Waals surface area contributed by atoms with E-state index < -0.39 is 11.9 Å². The second-order valence-electron chi connectivity index (χ2n) is 3.73. The van der Waals surface area contributed by atoms with Crippen LogP contribution in [0.2, 0.25) is 5.02 Å². The third-order valence-corrected chi connectivity index (χ3v) is 3.96. The summed E-state index contributed by atoms with van der Waals surface area (Å²) in [6, 6.07) is 9.58. The van der Waals surface area contributed by atoms with Gasteiger partial charge in [-0.25, -0.2) is 4.39 Å². The number of benzene rings is 2. The highest BCUT2D eigenvalue weighted by Crippen LogP contribution is 2.32. The Bertz CT molecular complexity index is 589. The Morgan fingerprint density at radius 3 is 2.44 bits per heavy atom. The number of hydrogen-bond acceptors (Lipinski definition) is 1. The predicted molar refractivity (Wildman–Crippen MR) is 77.3 cm³/mol. The fraction of sp³-hybridized carbons (Fsp3) is 0.0769. The molecule has 2 aromatic rings. The smallest absolute Gasteiger partial charge is 0.130 e. The zero-order chi connectivity index (χ0) is 13.3. The van der Waals surface area contributed by atoms with Crippen LogP contribution in [0.4, 0.5) is 4.39 Å². The molecule has 0 heterocycles. The van der Waals surface area contributed by atoms with Gasteiger partial charge in [-0.1, -0.05) is 49.5 Å². The highest BCUT2D eigenvalue weighted by Gasteiger charge is 2.18. The lowest BCUT2D eigenvalue weighted by Crippen LogP contribution is -2.03. The van der Waals surface area contributed by atoms with Crippen LogP contribution in [0, 0.1) is 5.82 Å². The lowest BCUT2D eigenvalue weighted by atomic mass is 10.0. The lowest BCUT2D eigenvalue weighted by molar-refractivity contribution is 0.214. The van der Waals surface area contributed by atoms with Crippen molar-refractivity contribution >= 4 is 43.5 Å². The van der Waals surface area contributed by atoms with Crippen molar-refractivity contribution in [2.24, 2.45) is 0 Å². The Morgan fingerprint density at radius 1 is 1.06 bits per heavy atom. The van der Waals surface area contributed by atoms with E-state index in [0.717, 1.165) is 4.47 Å². The number of aliphatic hydroxyl groups excluding tert-OH is 1. The first-order valence-electron chi connectivity index (χ1n) is 5.07. The predicted octanol–water partition coefficient (Wildman–Crippen LogP) is 5.09. The van der Waals surface area contributed by atoms with Crippen molar-refractivity contribution in [2.75, 3.05) is 0 Å². The molecule has 0 aliphatic rings. The highest BCUT2D eigenvalue weighted by atomic mass is 79.9. The minimum atomic E-state index is -1.05. The average Bonchev–Trinajstić information content (AvgIpc) is 2.31. The van der Waals surface area contributed by atoms with Crippen LogP contribution < -0.4 is 0 Å². The molecule has 0 bridgehead atoms. The summed E-state index contributed by atoms with van der Waals surface area (Å²) < 4.78 is 15.3. The molecular formula is C13H8Br2ClFO. The first-order valence-corrected chi connectivity index (χ1v) is 7.03. The molecule has 0 aliphatic carbocycles. The summed E-state index contributed by atoms with van der Waals surface area (Å²) in [5, 5.41) is 10.5. The summed E-state index contributed by atoms with van der Waals surface area (Å²) in [7, 11) is 0. The van der Waals surface area contributed by atoms with Gasteiger partial charge < -0.3 is 5.11 Å². The van der Waals surface area contributed by atoms with Crippen LogP contribution >= 0.6 is 43.5 Å². The average molecular weight is 394 g/mol. The first-order chi connectivity index (χ1) is 8.49. The number of hydrogen-bond donors (Lipinski definition) is 1. The fourth-order valence-corrected chi connectivity index (χ4v) is 2.62. The van der Waals surface area contributed by atoms with E-state index in [9.17, 15) is 9.50 Å². The molecule has 1 nitrogen and oxygen atoms in total. The highest BCUT2D eigenvalue weighted by molar-refractivity contribution is 9.11. The van der Waals surface area contributed by atoms with Crippen LogP contribution in [0.3, 0.4) is 0 Å². The number of halogens is 4. The summed E-state index contributed by atoms with van der Waals surface area (Å²) in [6.07, 6.45) is -1.05. The first kappa shape index (κ1) is 14.0. The third kappa shape index (κ3) is 2.94. The summed E-state index contributed by atoms with van der Waals surface area (Å²) in [6.45, 7) is 0. The largest absolute Gasteiger partial charge is 0.384 e. The zero-order valence-electron chi connectivity index (χ0n) is 9.00. The molecule has 0 saturated carbocycles. The summed E-state index contributed by atoms with van der Waals surface area (Å²) in [5.74, 6) is -0.526. The molecule has 0 saturated heterocycles. The summed E-state index contributed by atoms with van der Waals surface area (Å²) >= 11 is 12.3. The zero-order valence-corrected chi connectivity index (χ0v) is 12.9. The van der Waals surface area contributed by atoms with Crippen LogP contribution in [0.1, 0.15) is 17.2 Å². The molecule has 1 unspecified atom stereocenters. The maximum Gasteiger partial charge on any atom is 0.130 e. The molecule has 1 atom stereocenters. The van der Waals surface area contributed by atoms with Crippen molar-refractivity contribution in [3.63, 3.8) is 0 Å². The monoisotopic (exact) mass is 392 g/mol. The number of rotatable bonds is 2. The molecule has 0 aromatic heterocycles. The Morgan fingerprint density at radius 2 is 1.78 bits per heavy atom. The number of aliphatic hydroxyl groups is 1. The van der Waals surface area contributed by atoms with Gasteiger partial charge in [0.2, 0.25) is 0 Å². The fourth-order valence-electron chi connectivity index (χ4n) is 1.61.